The molecule has 0 bridgehead atoms. The van der Waals surface area contributed by atoms with E-state index in [1.165, 1.54) is 24.3 Å². The van der Waals surface area contributed by atoms with E-state index in [1.54, 1.807) is 0 Å². The molecule has 0 atom stereocenters. The summed E-state index contributed by atoms with van der Waals surface area (Å²) >= 11 is 0. The molecule has 7 heteroatoms. The Kier molecular flexibility index (Phi) is 7.48. The standard InChI is InChI=1S/C17H20F3NO3/c1-2-3-4-5-6-16(24)21-13-9-7-12(8-10-13)14(22)11-15(23)17(18,19)20/h7-11,22H,2-6H2,1H3,(H,21,24)/b14-11-. The predicted molar refractivity (Wildman–Crippen MR) is 85.5 cm³/mol. The van der Waals surface area contributed by atoms with Crippen LogP contribution in [0.5, 0.6) is 0 Å². The Morgan fingerprint density at radius 3 is 2.29 bits per heavy atom. The fraction of sp³-hybridized carbons (Fsp3) is 0.412. The lowest BCUT2D eigenvalue weighted by atomic mass is 10.1. The van der Waals surface area contributed by atoms with Gasteiger partial charge in [0.1, 0.15) is 5.76 Å². The van der Waals surface area contributed by atoms with Crippen molar-refractivity contribution in [3.63, 3.8) is 0 Å². The van der Waals surface area contributed by atoms with Crippen molar-refractivity contribution in [2.24, 2.45) is 0 Å². The number of aliphatic hydroxyl groups is 1. The van der Waals surface area contributed by atoms with Crippen LogP contribution < -0.4 is 5.32 Å². The molecule has 0 fully saturated rings. The van der Waals surface area contributed by atoms with Crippen LogP contribution in [0.3, 0.4) is 0 Å². The van der Waals surface area contributed by atoms with Crippen molar-refractivity contribution in [1.82, 2.24) is 0 Å². The minimum atomic E-state index is -5.03. The van der Waals surface area contributed by atoms with Gasteiger partial charge in [0.15, 0.2) is 0 Å². The Bertz CT molecular complexity index is 592. The summed E-state index contributed by atoms with van der Waals surface area (Å²) in [5, 5.41) is 12.2. The Hall–Kier alpha value is -2.31. The number of allylic oxidation sites excluding steroid dienone is 1. The normalized spacial score (nSPS) is 12.1. The smallest absolute Gasteiger partial charge is 0.454 e. The van der Waals surface area contributed by atoms with Crippen molar-refractivity contribution in [2.75, 3.05) is 5.32 Å². The minimum absolute atomic E-state index is 0.0496. The van der Waals surface area contributed by atoms with Crippen LogP contribution in [0.15, 0.2) is 30.3 Å². The molecule has 132 valence electrons. The molecule has 0 unspecified atom stereocenters. The highest BCUT2D eigenvalue weighted by molar-refractivity contribution is 5.99. The Morgan fingerprint density at radius 1 is 1.12 bits per heavy atom. The molecule has 0 saturated carbocycles. The lowest BCUT2D eigenvalue weighted by molar-refractivity contribution is -0.165. The topological polar surface area (TPSA) is 66.4 Å². The van der Waals surface area contributed by atoms with Gasteiger partial charge in [-0.2, -0.15) is 13.2 Å². The molecule has 0 heterocycles. The second kappa shape index (κ2) is 9.10. The monoisotopic (exact) mass is 343 g/mol. The van der Waals surface area contributed by atoms with Crippen molar-refractivity contribution in [3.05, 3.63) is 35.9 Å². The molecule has 2 N–H and O–H groups in total. The molecule has 1 amide bonds. The van der Waals surface area contributed by atoms with Crippen LogP contribution in [0.25, 0.3) is 5.76 Å². The van der Waals surface area contributed by atoms with E-state index in [-0.39, 0.29) is 17.5 Å². The summed E-state index contributed by atoms with van der Waals surface area (Å²) in [6.45, 7) is 2.08. The third kappa shape index (κ3) is 6.85. The second-order valence-corrected chi connectivity index (χ2v) is 5.33. The highest BCUT2D eigenvalue weighted by atomic mass is 19.4. The molecule has 24 heavy (non-hydrogen) atoms. The van der Waals surface area contributed by atoms with E-state index in [4.69, 9.17) is 0 Å². The first-order valence-corrected chi connectivity index (χ1v) is 7.66. The largest absolute Gasteiger partial charge is 0.507 e. The number of aliphatic hydroxyl groups excluding tert-OH is 1. The summed E-state index contributed by atoms with van der Waals surface area (Å²) in [7, 11) is 0. The van der Waals surface area contributed by atoms with Crippen LogP contribution in [0.4, 0.5) is 18.9 Å². The fourth-order valence-electron chi connectivity index (χ4n) is 1.95. The summed E-state index contributed by atoms with van der Waals surface area (Å²) in [5.41, 5.74) is 0.516. The van der Waals surface area contributed by atoms with Gasteiger partial charge >= 0.3 is 6.18 Å². The van der Waals surface area contributed by atoms with Gasteiger partial charge in [0.2, 0.25) is 5.91 Å². The van der Waals surface area contributed by atoms with Crippen molar-refractivity contribution < 1.29 is 27.9 Å². The number of ketones is 1. The van der Waals surface area contributed by atoms with Crippen molar-refractivity contribution >= 4 is 23.1 Å². The number of amides is 1. The first-order chi connectivity index (χ1) is 11.2. The summed E-state index contributed by atoms with van der Waals surface area (Å²) < 4.78 is 36.4. The zero-order valence-electron chi connectivity index (χ0n) is 13.3. The number of carbonyl (C=O) groups is 2. The Labute approximate surface area is 138 Å². The lowest BCUT2D eigenvalue weighted by Gasteiger charge is -2.07. The van der Waals surface area contributed by atoms with Crippen LogP contribution in [0.1, 0.15) is 44.6 Å². The Morgan fingerprint density at radius 2 is 1.75 bits per heavy atom. The maximum atomic E-state index is 12.1. The maximum absolute atomic E-state index is 12.1. The second-order valence-electron chi connectivity index (χ2n) is 5.33. The number of alkyl halides is 3. The average Bonchev–Trinajstić information content (AvgIpc) is 2.51. The van der Waals surface area contributed by atoms with Gasteiger partial charge in [-0.3, -0.25) is 9.59 Å². The number of carbonyl (C=O) groups excluding carboxylic acids is 2. The lowest BCUT2D eigenvalue weighted by Crippen LogP contribution is -2.20. The number of hydrogen-bond acceptors (Lipinski definition) is 3. The number of anilines is 1. The summed E-state index contributed by atoms with van der Waals surface area (Å²) in [5.74, 6) is -3.06. The zero-order chi connectivity index (χ0) is 18.2. The molecule has 0 spiro atoms. The summed E-state index contributed by atoms with van der Waals surface area (Å²) in [6.07, 6.45) is -0.579. The van der Waals surface area contributed by atoms with Gasteiger partial charge in [0.25, 0.3) is 5.78 Å². The van der Waals surface area contributed by atoms with Crippen molar-refractivity contribution in [2.45, 2.75) is 45.2 Å². The summed E-state index contributed by atoms with van der Waals surface area (Å²) in [4.78, 5) is 22.5. The summed E-state index contributed by atoms with van der Waals surface area (Å²) in [6, 6.07) is 5.53. The van der Waals surface area contributed by atoms with Gasteiger partial charge in [0, 0.05) is 23.7 Å². The maximum Gasteiger partial charge on any atom is 0.454 e. The molecule has 4 nitrogen and oxygen atoms in total. The number of benzene rings is 1. The van der Waals surface area contributed by atoms with Crippen molar-refractivity contribution in [3.8, 4) is 0 Å². The molecule has 1 rings (SSSR count). The van der Waals surface area contributed by atoms with Crippen LogP contribution in [-0.2, 0) is 9.59 Å². The van der Waals surface area contributed by atoms with E-state index in [0.29, 0.717) is 12.1 Å². The number of nitrogens with one attached hydrogen (secondary N) is 1. The molecule has 0 aliphatic carbocycles. The van der Waals surface area contributed by atoms with Gasteiger partial charge in [-0.05, 0) is 30.7 Å². The average molecular weight is 343 g/mol. The van der Waals surface area contributed by atoms with Gasteiger partial charge < -0.3 is 10.4 Å². The van der Waals surface area contributed by atoms with Crippen LogP contribution in [0, 0.1) is 0 Å². The van der Waals surface area contributed by atoms with Gasteiger partial charge in [0.05, 0.1) is 0 Å². The van der Waals surface area contributed by atoms with E-state index in [1.807, 2.05) is 0 Å². The quantitative estimate of drug-likeness (QED) is 0.411. The number of halogens is 3. The fourth-order valence-corrected chi connectivity index (χ4v) is 1.95. The molecule has 0 aliphatic rings. The molecule has 0 saturated heterocycles. The van der Waals surface area contributed by atoms with Crippen LogP contribution in [-0.4, -0.2) is 23.0 Å². The van der Waals surface area contributed by atoms with Gasteiger partial charge in [-0.25, -0.2) is 0 Å². The third-order valence-electron chi connectivity index (χ3n) is 3.27. The Balaban J connectivity index is 2.61. The van der Waals surface area contributed by atoms with Gasteiger partial charge in [-0.1, -0.05) is 26.2 Å². The number of unbranched alkanes of at least 4 members (excludes halogenated alkanes) is 3. The molecule has 0 aliphatic heterocycles. The molecule has 0 radical (unpaired) electrons. The first kappa shape index (κ1) is 19.7. The number of rotatable bonds is 8. The molecular formula is C17H20F3NO3. The number of hydrogen-bond donors (Lipinski definition) is 2. The van der Waals surface area contributed by atoms with E-state index in [9.17, 15) is 27.9 Å². The first-order valence-electron chi connectivity index (χ1n) is 7.66. The highest BCUT2D eigenvalue weighted by Crippen LogP contribution is 2.21. The SMILES string of the molecule is CCCCCCC(=O)Nc1ccc(/C(O)=C/C(=O)C(F)(F)F)cc1. The molecular weight excluding hydrogens is 323 g/mol. The highest BCUT2D eigenvalue weighted by Gasteiger charge is 2.36. The van der Waals surface area contributed by atoms with E-state index in [0.717, 1.165) is 25.7 Å². The van der Waals surface area contributed by atoms with Crippen LogP contribution >= 0.6 is 0 Å². The molecule has 0 aromatic heterocycles. The van der Waals surface area contributed by atoms with E-state index < -0.39 is 17.7 Å². The molecule has 1 aromatic rings. The van der Waals surface area contributed by atoms with Crippen LogP contribution in [0.2, 0.25) is 0 Å². The van der Waals surface area contributed by atoms with E-state index >= 15 is 0 Å². The van der Waals surface area contributed by atoms with Gasteiger partial charge in [-0.15, -0.1) is 0 Å². The minimum Gasteiger partial charge on any atom is -0.507 e. The predicted octanol–water partition coefficient (Wildman–Crippen LogP) is 4.63. The van der Waals surface area contributed by atoms with Crippen molar-refractivity contribution in [1.29, 1.82) is 0 Å². The van der Waals surface area contributed by atoms with E-state index in [2.05, 4.69) is 12.2 Å². The zero-order valence-corrected chi connectivity index (χ0v) is 13.3. The molecule has 1 aromatic carbocycles. The third-order valence-corrected chi connectivity index (χ3v) is 3.27.